The number of thioether (sulfide) groups is 1. The molecule has 0 bridgehead atoms. The van der Waals surface area contributed by atoms with Crippen LogP contribution in [0.15, 0.2) is 83.5 Å². The summed E-state index contributed by atoms with van der Waals surface area (Å²) in [5.41, 5.74) is 4.52. The molecule has 3 aromatic carbocycles. The lowest BCUT2D eigenvalue weighted by Crippen LogP contribution is -2.32. The van der Waals surface area contributed by atoms with E-state index >= 15 is 0 Å². The smallest absolute Gasteiger partial charge is 0.227 e. The summed E-state index contributed by atoms with van der Waals surface area (Å²) >= 11 is 1.48. The minimum Gasteiger partial charge on any atom is -0.497 e. The van der Waals surface area contributed by atoms with Crippen LogP contribution in [0.1, 0.15) is 28.8 Å². The van der Waals surface area contributed by atoms with Gasteiger partial charge in [-0.05, 0) is 53.8 Å². The Hall–Kier alpha value is -3.78. The highest BCUT2D eigenvalue weighted by molar-refractivity contribution is 7.98. The summed E-state index contributed by atoms with van der Waals surface area (Å²) < 4.78 is 28.1. The number of para-hydroxylation sites is 1. The van der Waals surface area contributed by atoms with E-state index in [1.807, 2.05) is 65.5 Å². The molecule has 0 radical (unpaired) electrons. The molecule has 6 rings (SSSR count). The summed E-state index contributed by atoms with van der Waals surface area (Å²) in [5, 5.41) is 8.94. The molecule has 6 nitrogen and oxygen atoms in total. The molecule has 2 aliphatic heterocycles. The van der Waals surface area contributed by atoms with Gasteiger partial charge in [0.2, 0.25) is 11.1 Å². The summed E-state index contributed by atoms with van der Waals surface area (Å²) in [5.74, 6) is 1.84. The molecule has 4 aromatic rings. The summed E-state index contributed by atoms with van der Waals surface area (Å²) in [4.78, 5) is 4.70. The third-order valence-electron chi connectivity index (χ3n) is 6.13. The van der Waals surface area contributed by atoms with Crippen molar-refractivity contribution in [1.82, 2.24) is 14.8 Å². The molecule has 0 fully saturated rings. The summed E-state index contributed by atoms with van der Waals surface area (Å²) in [7, 11) is 1.65. The monoisotopic (exact) mass is 472 g/mol. The second-order valence-electron chi connectivity index (χ2n) is 8.05. The second-order valence-corrected chi connectivity index (χ2v) is 8.82. The van der Waals surface area contributed by atoms with E-state index in [0.717, 1.165) is 39.5 Å². The van der Waals surface area contributed by atoms with E-state index in [1.165, 1.54) is 23.9 Å². The van der Waals surface area contributed by atoms with Gasteiger partial charge in [0.05, 0.1) is 12.8 Å². The number of fused-ring (bicyclic) bond motifs is 3. The zero-order valence-electron chi connectivity index (χ0n) is 18.5. The quantitative estimate of drug-likeness (QED) is 0.384. The van der Waals surface area contributed by atoms with Gasteiger partial charge in [-0.3, -0.25) is 0 Å². The Morgan fingerprint density at radius 2 is 1.85 bits per heavy atom. The third-order valence-corrected chi connectivity index (χ3v) is 6.66. The van der Waals surface area contributed by atoms with E-state index in [9.17, 15) is 4.39 Å². The third kappa shape index (κ3) is 3.33. The number of hydrogen-bond donors (Lipinski definition) is 1. The Kier molecular flexibility index (Phi) is 5.03. The standard InChI is InChI=1S/C26H21FN4O2S/c1-32-18-12-10-15(11-13-18)23-21-22(28-25-29-26(34-2)30-31(23)25)19-8-3-4-9-20(19)33-24(21)16-6-5-7-17(27)14-16/h3-14,23-24H,1-2H3,(H,28,29,30)/t23-,24-/m0/s1. The van der Waals surface area contributed by atoms with Crippen molar-refractivity contribution in [3.63, 3.8) is 0 Å². The number of ether oxygens (including phenoxy) is 2. The van der Waals surface area contributed by atoms with Crippen molar-refractivity contribution in [1.29, 1.82) is 0 Å². The van der Waals surface area contributed by atoms with Gasteiger partial charge in [-0.25, -0.2) is 9.07 Å². The molecule has 3 heterocycles. The maximum absolute atomic E-state index is 14.3. The van der Waals surface area contributed by atoms with E-state index < -0.39 is 6.10 Å². The lowest BCUT2D eigenvalue weighted by atomic mass is 9.84. The first-order chi connectivity index (χ1) is 16.7. The molecular weight excluding hydrogens is 451 g/mol. The molecule has 2 atom stereocenters. The molecular formula is C26H21FN4O2S. The van der Waals surface area contributed by atoms with Crippen molar-refractivity contribution in [2.24, 2.45) is 0 Å². The largest absolute Gasteiger partial charge is 0.497 e. The van der Waals surface area contributed by atoms with Crippen molar-refractivity contribution < 1.29 is 13.9 Å². The van der Waals surface area contributed by atoms with Gasteiger partial charge in [0.25, 0.3) is 0 Å². The first kappa shape index (κ1) is 20.8. The van der Waals surface area contributed by atoms with Crippen molar-refractivity contribution in [2.45, 2.75) is 17.3 Å². The van der Waals surface area contributed by atoms with Crippen LogP contribution in [0.5, 0.6) is 11.5 Å². The maximum atomic E-state index is 14.3. The molecule has 0 saturated carbocycles. The fourth-order valence-corrected chi connectivity index (χ4v) is 4.94. The fraction of sp³-hybridized carbons (Fsp3) is 0.154. The van der Waals surface area contributed by atoms with Crippen LogP contribution in [0.3, 0.4) is 0 Å². The molecule has 0 saturated heterocycles. The lowest BCUT2D eigenvalue weighted by molar-refractivity contribution is 0.222. The predicted octanol–water partition coefficient (Wildman–Crippen LogP) is 5.71. The SMILES string of the molecule is COc1ccc([C@H]2C3=C(Nc4nc(SC)nn42)c2ccccc2O[C@H]3c2cccc(F)c2)cc1. The fourth-order valence-electron chi connectivity index (χ4n) is 4.60. The van der Waals surface area contributed by atoms with Gasteiger partial charge < -0.3 is 14.8 Å². The summed E-state index contributed by atoms with van der Waals surface area (Å²) in [6.07, 6.45) is 1.43. The van der Waals surface area contributed by atoms with Crippen LogP contribution in [0.2, 0.25) is 0 Å². The van der Waals surface area contributed by atoms with Crippen LogP contribution >= 0.6 is 11.8 Å². The average molecular weight is 473 g/mol. The normalized spacial score (nSPS) is 18.3. The number of nitrogens with zero attached hydrogens (tertiary/aromatic N) is 3. The highest BCUT2D eigenvalue weighted by Gasteiger charge is 2.41. The number of aromatic nitrogens is 3. The second kappa shape index (κ2) is 8.22. The highest BCUT2D eigenvalue weighted by atomic mass is 32.2. The molecule has 1 aromatic heterocycles. The topological polar surface area (TPSA) is 61.2 Å². The van der Waals surface area contributed by atoms with Crippen molar-refractivity contribution in [2.75, 3.05) is 18.7 Å². The minimum absolute atomic E-state index is 0.307. The molecule has 1 N–H and O–H groups in total. The Morgan fingerprint density at radius 1 is 1.03 bits per heavy atom. The molecule has 170 valence electrons. The van der Waals surface area contributed by atoms with Gasteiger partial charge >= 0.3 is 0 Å². The number of rotatable bonds is 4. The first-order valence-electron chi connectivity index (χ1n) is 10.8. The van der Waals surface area contributed by atoms with E-state index in [2.05, 4.69) is 5.32 Å². The van der Waals surface area contributed by atoms with Gasteiger partial charge in [-0.2, -0.15) is 4.98 Å². The minimum atomic E-state index is -0.518. The lowest BCUT2D eigenvalue weighted by Gasteiger charge is -2.38. The Balaban J connectivity index is 1.62. The number of nitrogens with one attached hydrogen (secondary N) is 1. The van der Waals surface area contributed by atoms with E-state index in [0.29, 0.717) is 11.1 Å². The Labute approximate surface area is 200 Å². The maximum Gasteiger partial charge on any atom is 0.227 e. The molecule has 8 heteroatoms. The molecule has 2 aliphatic rings. The van der Waals surface area contributed by atoms with Gasteiger partial charge in [-0.15, -0.1) is 5.10 Å². The van der Waals surface area contributed by atoms with Gasteiger partial charge in [-0.1, -0.05) is 48.2 Å². The zero-order chi connectivity index (χ0) is 23.2. The predicted molar refractivity (Wildman–Crippen MR) is 130 cm³/mol. The highest BCUT2D eigenvalue weighted by Crippen LogP contribution is 2.51. The number of halogens is 1. The average Bonchev–Trinajstić information content (AvgIpc) is 3.30. The van der Waals surface area contributed by atoms with E-state index in [4.69, 9.17) is 19.6 Å². The molecule has 0 amide bonds. The van der Waals surface area contributed by atoms with Gasteiger partial charge in [0, 0.05) is 11.1 Å². The van der Waals surface area contributed by atoms with Crippen LogP contribution in [-0.2, 0) is 0 Å². The van der Waals surface area contributed by atoms with Crippen LogP contribution in [0.25, 0.3) is 5.70 Å². The molecule has 0 unspecified atom stereocenters. The summed E-state index contributed by atoms with van der Waals surface area (Å²) in [6, 6.07) is 22.0. The van der Waals surface area contributed by atoms with Crippen molar-refractivity contribution in [3.05, 3.63) is 101 Å². The van der Waals surface area contributed by atoms with Crippen molar-refractivity contribution in [3.8, 4) is 11.5 Å². The van der Waals surface area contributed by atoms with Crippen molar-refractivity contribution >= 4 is 23.4 Å². The van der Waals surface area contributed by atoms with Crippen LogP contribution in [0, 0.1) is 5.82 Å². The number of anilines is 1. The van der Waals surface area contributed by atoms with Crippen LogP contribution < -0.4 is 14.8 Å². The number of benzene rings is 3. The Bertz CT molecular complexity index is 1420. The number of methoxy groups -OCH3 is 1. The van der Waals surface area contributed by atoms with E-state index in [-0.39, 0.29) is 11.9 Å². The van der Waals surface area contributed by atoms with Crippen LogP contribution in [-0.4, -0.2) is 28.1 Å². The Morgan fingerprint density at radius 3 is 2.62 bits per heavy atom. The van der Waals surface area contributed by atoms with Gasteiger partial charge in [0.15, 0.2) is 0 Å². The van der Waals surface area contributed by atoms with E-state index in [1.54, 1.807) is 13.2 Å². The van der Waals surface area contributed by atoms with Gasteiger partial charge in [0.1, 0.15) is 29.5 Å². The number of hydrogen-bond acceptors (Lipinski definition) is 6. The first-order valence-corrected chi connectivity index (χ1v) is 12.1. The summed E-state index contributed by atoms with van der Waals surface area (Å²) in [6.45, 7) is 0. The molecule has 34 heavy (non-hydrogen) atoms. The molecule has 0 aliphatic carbocycles. The van der Waals surface area contributed by atoms with Crippen LogP contribution in [0.4, 0.5) is 10.3 Å². The zero-order valence-corrected chi connectivity index (χ0v) is 19.3. The molecule has 0 spiro atoms.